The van der Waals surface area contributed by atoms with Crippen molar-refractivity contribution in [2.24, 2.45) is 0 Å². The van der Waals surface area contributed by atoms with Crippen molar-refractivity contribution in [3.05, 3.63) is 53.2 Å². The number of halogens is 4. The molecule has 5 nitrogen and oxygen atoms in total. The van der Waals surface area contributed by atoms with Crippen LogP contribution in [0.5, 0.6) is 0 Å². The fraction of sp³-hybridized carbons (Fsp3) is 0.167. The molecule has 0 spiro atoms. The van der Waals surface area contributed by atoms with E-state index >= 15 is 0 Å². The Morgan fingerprint density at radius 3 is 2.74 bits per heavy atom. The third kappa shape index (κ3) is 3.22. The topological polar surface area (TPSA) is 65.9 Å². The number of rotatable bonds is 4. The molecule has 27 heavy (non-hydrogen) atoms. The first-order valence-electron chi connectivity index (χ1n) is 8.09. The first-order valence-corrected chi connectivity index (χ1v) is 8.46. The number of alkyl halides is 3. The fourth-order valence-electron chi connectivity index (χ4n) is 3.04. The number of H-pyrrole nitrogens is 1. The first kappa shape index (κ1) is 17.7. The molecule has 4 rings (SSSR count). The highest BCUT2D eigenvalue weighted by atomic mass is 35.5. The highest BCUT2D eigenvalue weighted by molar-refractivity contribution is 6.31. The summed E-state index contributed by atoms with van der Waals surface area (Å²) < 4.78 is 40.6. The lowest BCUT2D eigenvalue weighted by Gasteiger charge is -2.09. The molecule has 0 atom stereocenters. The summed E-state index contributed by atoms with van der Waals surface area (Å²) in [6, 6.07) is 8.72. The van der Waals surface area contributed by atoms with Crippen LogP contribution in [0.1, 0.15) is 5.56 Å². The van der Waals surface area contributed by atoms with E-state index in [1.54, 1.807) is 22.9 Å². The molecular formula is C18H14ClF3N4O. The number of nitrogens with zero attached hydrogens (tertiary/aromatic N) is 2. The number of hydrogen-bond donors (Lipinski definition) is 3. The molecule has 0 radical (unpaired) electrons. The molecule has 0 saturated heterocycles. The van der Waals surface area contributed by atoms with Gasteiger partial charge in [-0.2, -0.15) is 13.2 Å². The first-order chi connectivity index (χ1) is 12.9. The molecule has 0 aliphatic heterocycles. The van der Waals surface area contributed by atoms with E-state index < -0.39 is 11.7 Å². The van der Waals surface area contributed by atoms with Crippen LogP contribution in [0.3, 0.4) is 0 Å². The maximum atomic E-state index is 13.0. The van der Waals surface area contributed by atoms with Crippen LogP contribution in [-0.4, -0.2) is 26.2 Å². The Kier molecular flexibility index (Phi) is 4.24. The van der Waals surface area contributed by atoms with Crippen LogP contribution in [0, 0.1) is 0 Å². The molecule has 3 N–H and O–H groups in total. The second kappa shape index (κ2) is 6.47. The molecule has 4 aromatic rings. The minimum absolute atomic E-state index is 0.180. The van der Waals surface area contributed by atoms with Gasteiger partial charge in [0, 0.05) is 28.7 Å². The molecule has 0 saturated carbocycles. The van der Waals surface area contributed by atoms with Crippen LogP contribution in [0.2, 0.25) is 5.02 Å². The molecule has 0 unspecified atom stereocenters. The van der Waals surface area contributed by atoms with Gasteiger partial charge in [-0.15, -0.1) is 0 Å². The van der Waals surface area contributed by atoms with E-state index in [0.29, 0.717) is 22.2 Å². The SMILES string of the molecule is OCCn1c(Nc2c[nH]c3ccc(Cl)cc23)nc2cc(C(F)(F)F)ccc21. The largest absolute Gasteiger partial charge is 0.416 e. The number of benzene rings is 2. The zero-order valence-electron chi connectivity index (χ0n) is 13.8. The van der Waals surface area contributed by atoms with Crippen LogP contribution >= 0.6 is 11.6 Å². The quantitative estimate of drug-likeness (QED) is 0.460. The normalized spacial score (nSPS) is 12.2. The molecule has 2 aromatic heterocycles. The summed E-state index contributed by atoms with van der Waals surface area (Å²) in [4.78, 5) is 7.40. The van der Waals surface area contributed by atoms with Gasteiger partial charge in [0.05, 0.1) is 28.9 Å². The number of imidazole rings is 1. The molecule has 140 valence electrons. The number of aliphatic hydroxyl groups is 1. The Morgan fingerprint density at radius 1 is 1.19 bits per heavy atom. The van der Waals surface area contributed by atoms with Crippen molar-refractivity contribution >= 4 is 45.2 Å². The van der Waals surface area contributed by atoms with Crippen molar-refractivity contribution in [1.82, 2.24) is 14.5 Å². The van der Waals surface area contributed by atoms with Gasteiger partial charge < -0.3 is 20.0 Å². The van der Waals surface area contributed by atoms with Crippen LogP contribution in [0.25, 0.3) is 21.9 Å². The Bertz CT molecular complexity index is 1130. The number of anilines is 2. The fourth-order valence-corrected chi connectivity index (χ4v) is 3.22. The maximum Gasteiger partial charge on any atom is 0.416 e. The highest BCUT2D eigenvalue weighted by Crippen LogP contribution is 2.33. The average molecular weight is 395 g/mol. The number of aromatic nitrogens is 3. The molecule has 0 amide bonds. The standard InChI is InChI=1S/C18H14ClF3N4O/c19-11-2-3-13-12(8-11)15(9-23-13)25-17-24-14-7-10(18(20,21)22)1-4-16(14)26(17)5-6-27/h1-4,7-9,23,27H,5-6H2,(H,24,25). The Labute approximate surface area is 156 Å². The zero-order valence-corrected chi connectivity index (χ0v) is 14.6. The van der Waals surface area contributed by atoms with E-state index in [4.69, 9.17) is 11.6 Å². The third-order valence-electron chi connectivity index (χ3n) is 4.29. The van der Waals surface area contributed by atoms with Gasteiger partial charge in [0.25, 0.3) is 0 Å². The van der Waals surface area contributed by atoms with Gasteiger partial charge >= 0.3 is 6.18 Å². The van der Waals surface area contributed by atoms with Crippen LogP contribution in [0.4, 0.5) is 24.8 Å². The summed E-state index contributed by atoms with van der Waals surface area (Å²) in [5, 5.41) is 13.9. The van der Waals surface area contributed by atoms with E-state index in [0.717, 1.165) is 23.0 Å². The second-order valence-electron chi connectivity index (χ2n) is 6.03. The molecule has 2 aromatic carbocycles. The minimum atomic E-state index is -4.45. The van der Waals surface area contributed by atoms with E-state index in [9.17, 15) is 18.3 Å². The summed E-state index contributed by atoms with van der Waals surface area (Å²) in [5.74, 6) is 0.333. The predicted octanol–water partition coefficient (Wildman–Crippen LogP) is 4.93. The summed E-state index contributed by atoms with van der Waals surface area (Å²) in [7, 11) is 0. The van der Waals surface area contributed by atoms with Gasteiger partial charge in [0.15, 0.2) is 0 Å². The van der Waals surface area contributed by atoms with Gasteiger partial charge in [-0.3, -0.25) is 0 Å². The third-order valence-corrected chi connectivity index (χ3v) is 4.52. The summed E-state index contributed by atoms with van der Waals surface area (Å²) >= 11 is 6.05. The number of fused-ring (bicyclic) bond motifs is 2. The lowest BCUT2D eigenvalue weighted by molar-refractivity contribution is -0.137. The molecule has 2 heterocycles. The van der Waals surface area contributed by atoms with Crippen LogP contribution < -0.4 is 5.32 Å². The van der Waals surface area contributed by atoms with Crippen LogP contribution in [-0.2, 0) is 12.7 Å². The van der Waals surface area contributed by atoms with E-state index in [1.807, 2.05) is 6.07 Å². The number of hydrogen-bond acceptors (Lipinski definition) is 3. The van der Waals surface area contributed by atoms with Crippen molar-refractivity contribution in [2.75, 3.05) is 11.9 Å². The summed E-state index contributed by atoms with van der Waals surface area (Å²) in [6.45, 7) is 0.00812. The second-order valence-corrected chi connectivity index (χ2v) is 6.47. The lowest BCUT2D eigenvalue weighted by atomic mass is 10.2. The Morgan fingerprint density at radius 2 is 2.00 bits per heavy atom. The van der Waals surface area contributed by atoms with E-state index in [-0.39, 0.29) is 18.7 Å². The van der Waals surface area contributed by atoms with Gasteiger partial charge in [0.1, 0.15) is 0 Å². The molecule has 0 fully saturated rings. The molecule has 0 aliphatic carbocycles. The summed E-state index contributed by atoms with van der Waals surface area (Å²) in [6.07, 6.45) is -2.72. The molecular weight excluding hydrogens is 381 g/mol. The average Bonchev–Trinajstić information content (AvgIpc) is 3.16. The van der Waals surface area contributed by atoms with Gasteiger partial charge in [-0.05, 0) is 36.4 Å². The minimum Gasteiger partial charge on any atom is -0.395 e. The molecule has 0 bridgehead atoms. The lowest BCUT2D eigenvalue weighted by Crippen LogP contribution is -2.07. The van der Waals surface area contributed by atoms with Crippen molar-refractivity contribution < 1.29 is 18.3 Å². The number of nitrogens with one attached hydrogen (secondary N) is 2. The van der Waals surface area contributed by atoms with Crippen molar-refractivity contribution in [3.63, 3.8) is 0 Å². The monoisotopic (exact) mass is 394 g/mol. The van der Waals surface area contributed by atoms with E-state index in [2.05, 4.69) is 15.3 Å². The van der Waals surface area contributed by atoms with Crippen LogP contribution in [0.15, 0.2) is 42.6 Å². The van der Waals surface area contributed by atoms with Crippen molar-refractivity contribution in [1.29, 1.82) is 0 Å². The Balaban J connectivity index is 1.82. The van der Waals surface area contributed by atoms with Crippen molar-refractivity contribution in [3.8, 4) is 0 Å². The smallest absolute Gasteiger partial charge is 0.395 e. The predicted molar refractivity (Wildman–Crippen MR) is 98.4 cm³/mol. The Hall–Kier alpha value is -2.71. The maximum absolute atomic E-state index is 13.0. The summed E-state index contributed by atoms with van der Waals surface area (Å²) in [5.41, 5.74) is 1.45. The van der Waals surface area contributed by atoms with Crippen molar-refractivity contribution in [2.45, 2.75) is 12.7 Å². The highest BCUT2D eigenvalue weighted by Gasteiger charge is 2.31. The van der Waals surface area contributed by atoms with Gasteiger partial charge in [-0.25, -0.2) is 4.98 Å². The number of aromatic amines is 1. The van der Waals surface area contributed by atoms with Gasteiger partial charge in [-0.1, -0.05) is 11.6 Å². The molecule has 9 heteroatoms. The van der Waals surface area contributed by atoms with E-state index in [1.165, 1.54) is 6.07 Å². The zero-order chi connectivity index (χ0) is 19.2. The number of aliphatic hydroxyl groups excluding tert-OH is 1. The van der Waals surface area contributed by atoms with Gasteiger partial charge in [0.2, 0.25) is 5.95 Å². The molecule has 0 aliphatic rings.